The number of rotatable bonds is 9. The molecule has 4 nitrogen and oxygen atoms in total. The van der Waals surface area contributed by atoms with Gasteiger partial charge in [-0.3, -0.25) is 0 Å². The van der Waals surface area contributed by atoms with Gasteiger partial charge in [-0.15, -0.1) is 0 Å². The Hall–Kier alpha value is -1.45. The van der Waals surface area contributed by atoms with Crippen LogP contribution < -0.4 is 15.8 Å². The normalized spacial score (nSPS) is 11.7. The molecule has 0 radical (unpaired) electrons. The van der Waals surface area contributed by atoms with Crippen molar-refractivity contribution >= 4 is 11.5 Å². The Labute approximate surface area is 129 Å². The van der Waals surface area contributed by atoms with Crippen LogP contribution in [-0.4, -0.2) is 17.6 Å². The summed E-state index contributed by atoms with van der Waals surface area (Å²) in [5.74, 6) is 1.34. The van der Waals surface area contributed by atoms with E-state index in [1.54, 1.807) is 0 Å². The molecular formula is C17H31N3O. The van der Waals surface area contributed by atoms with E-state index in [4.69, 9.17) is 10.5 Å². The Morgan fingerprint density at radius 1 is 1.29 bits per heavy atom. The second-order valence-electron chi connectivity index (χ2n) is 6.73. The molecule has 0 aliphatic carbocycles. The van der Waals surface area contributed by atoms with Crippen LogP contribution in [-0.2, 0) is 0 Å². The minimum atomic E-state index is 0.0699. The molecule has 0 aliphatic heterocycles. The maximum Gasteiger partial charge on any atom is 0.239 e. The highest BCUT2D eigenvalue weighted by molar-refractivity contribution is 5.53. The maximum atomic E-state index is 5.89. The first kappa shape index (κ1) is 17.6. The van der Waals surface area contributed by atoms with Crippen molar-refractivity contribution in [2.45, 2.75) is 66.4 Å². The van der Waals surface area contributed by atoms with E-state index >= 15 is 0 Å². The van der Waals surface area contributed by atoms with Crippen molar-refractivity contribution in [2.75, 3.05) is 17.6 Å². The van der Waals surface area contributed by atoms with E-state index in [0.29, 0.717) is 11.6 Å². The van der Waals surface area contributed by atoms with Crippen LogP contribution in [0.15, 0.2) is 12.1 Å². The summed E-state index contributed by atoms with van der Waals surface area (Å²) in [6, 6.07) is 3.75. The van der Waals surface area contributed by atoms with Gasteiger partial charge in [-0.1, -0.05) is 40.0 Å². The van der Waals surface area contributed by atoms with Crippen LogP contribution in [0.4, 0.5) is 11.5 Å². The predicted octanol–water partition coefficient (Wildman–Crippen LogP) is 4.47. The molecule has 0 saturated heterocycles. The highest BCUT2D eigenvalue weighted by atomic mass is 16.5. The average molecular weight is 293 g/mol. The lowest BCUT2D eigenvalue weighted by Crippen LogP contribution is -2.23. The number of aromatic nitrogens is 1. The Balaban J connectivity index is 2.58. The van der Waals surface area contributed by atoms with Crippen molar-refractivity contribution in [3.05, 3.63) is 12.1 Å². The van der Waals surface area contributed by atoms with Gasteiger partial charge < -0.3 is 15.8 Å². The van der Waals surface area contributed by atoms with Gasteiger partial charge in [-0.25, -0.2) is 0 Å². The number of unbranched alkanes of at least 4 members (excludes halogenated alkanes) is 2. The fourth-order valence-corrected chi connectivity index (χ4v) is 2.14. The molecule has 0 bridgehead atoms. The number of pyridine rings is 1. The minimum Gasteiger partial charge on any atom is -0.473 e. The monoisotopic (exact) mass is 293 g/mol. The molecule has 3 N–H and O–H groups in total. The highest BCUT2D eigenvalue weighted by Gasteiger charge is 2.17. The lowest BCUT2D eigenvalue weighted by Gasteiger charge is -2.25. The van der Waals surface area contributed by atoms with Gasteiger partial charge in [-0.2, -0.15) is 4.98 Å². The van der Waals surface area contributed by atoms with Crippen LogP contribution in [0.1, 0.15) is 60.3 Å². The van der Waals surface area contributed by atoms with Crippen molar-refractivity contribution in [1.82, 2.24) is 4.98 Å². The molecule has 0 aliphatic rings. The molecule has 120 valence electrons. The lowest BCUT2D eigenvalue weighted by atomic mass is 9.87. The van der Waals surface area contributed by atoms with Crippen LogP contribution in [0.2, 0.25) is 0 Å². The topological polar surface area (TPSA) is 60.2 Å². The van der Waals surface area contributed by atoms with Crippen molar-refractivity contribution in [3.63, 3.8) is 0 Å². The smallest absolute Gasteiger partial charge is 0.239 e. The molecule has 0 unspecified atom stereocenters. The summed E-state index contributed by atoms with van der Waals surface area (Å²) < 4.78 is 5.62. The number of nitrogens with zero attached hydrogens (tertiary/aromatic N) is 1. The summed E-state index contributed by atoms with van der Waals surface area (Å²) in [6.45, 7) is 11.7. The summed E-state index contributed by atoms with van der Waals surface area (Å²) in [5, 5.41) is 3.41. The third kappa shape index (κ3) is 6.69. The number of hydrogen-bond donors (Lipinski definition) is 2. The standard InChI is InChI=1S/C17H31N3O/c1-6-7-8-11-17(4,5)12-19-15-10-9-14(18)16(20-15)21-13(2)3/h9-10,13H,6-8,11-12,18H2,1-5H3,(H,19,20). The zero-order valence-electron chi connectivity index (χ0n) is 14.2. The van der Waals surface area contributed by atoms with Gasteiger partial charge in [0.2, 0.25) is 5.88 Å². The largest absolute Gasteiger partial charge is 0.473 e. The van der Waals surface area contributed by atoms with E-state index in [2.05, 4.69) is 31.1 Å². The third-order valence-corrected chi connectivity index (χ3v) is 3.44. The number of ether oxygens (including phenoxy) is 1. The zero-order valence-corrected chi connectivity index (χ0v) is 14.2. The fourth-order valence-electron chi connectivity index (χ4n) is 2.14. The number of nitrogen functional groups attached to an aromatic ring is 1. The second kappa shape index (κ2) is 8.11. The minimum absolute atomic E-state index is 0.0699. The molecule has 4 heteroatoms. The molecule has 1 rings (SSSR count). The van der Waals surface area contributed by atoms with Crippen molar-refractivity contribution in [2.24, 2.45) is 5.41 Å². The first-order chi connectivity index (χ1) is 9.84. The molecule has 0 aromatic carbocycles. The number of anilines is 2. The van der Waals surface area contributed by atoms with Gasteiger partial charge in [0.15, 0.2) is 0 Å². The Bertz CT molecular complexity index is 430. The predicted molar refractivity (Wildman–Crippen MR) is 90.8 cm³/mol. The summed E-state index contributed by atoms with van der Waals surface area (Å²) in [5.41, 5.74) is 6.73. The molecule has 1 heterocycles. The van der Waals surface area contributed by atoms with Crippen LogP contribution >= 0.6 is 0 Å². The quantitative estimate of drug-likeness (QED) is 0.659. The van der Waals surface area contributed by atoms with Crippen molar-refractivity contribution in [3.8, 4) is 5.88 Å². The second-order valence-corrected chi connectivity index (χ2v) is 6.73. The fraction of sp³-hybridized carbons (Fsp3) is 0.706. The molecule has 0 saturated carbocycles. The van der Waals surface area contributed by atoms with E-state index in [1.807, 2.05) is 26.0 Å². The van der Waals surface area contributed by atoms with Crippen molar-refractivity contribution in [1.29, 1.82) is 0 Å². The van der Waals surface area contributed by atoms with Crippen LogP contribution in [0.25, 0.3) is 0 Å². The lowest BCUT2D eigenvalue weighted by molar-refractivity contribution is 0.234. The summed E-state index contributed by atoms with van der Waals surface area (Å²) in [6.07, 6.45) is 5.13. The first-order valence-corrected chi connectivity index (χ1v) is 8.01. The van der Waals surface area contributed by atoms with Gasteiger partial charge >= 0.3 is 0 Å². The highest BCUT2D eigenvalue weighted by Crippen LogP contribution is 2.26. The Morgan fingerprint density at radius 2 is 2.00 bits per heavy atom. The van der Waals surface area contributed by atoms with Crippen LogP contribution in [0.3, 0.4) is 0 Å². The van der Waals surface area contributed by atoms with Gasteiger partial charge in [0, 0.05) is 6.54 Å². The summed E-state index contributed by atoms with van der Waals surface area (Å²) in [4.78, 5) is 4.45. The molecule has 1 aromatic rings. The molecular weight excluding hydrogens is 262 g/mol. The first-order valence-electron chi connectivity index (χ1n) is 8.01. The number of nitrogens with one attached hydrogen (secondary N) is 1. The molecule has 1 aromatic heterocycles. The van der Waals surface area contributed by atoms with Gasteiger partial charge in [-0.05, 0) is 37.8 Å². The summed E-state index contributed by atoms with van der Waals surface area (Å²) in [7, 11) is 0. The van der Waals surface area contributed by atoms with Crippen molar-refractivity contribution < 1.29 is 4.74 Å². The Kier molecular flexibility index (Phi) is 6.79. The number of hydrogen-bond acceptors (Lipinski definition) is 4. The number of nitrogens with two attached hydrogens (primary N) is 1. The SMILES string of the molecule is CCCCCC(C)(C)CNc1ccc(N)c(OC(C)C)n1. The third-order valence-electron chi connectivity index (χ3n) is 3.44. The van der Waals surface area contributed by atoms with Gasteiger partial charge in [0.1, 0.15) is 5.82 Å². The van der Waals surface area contributed by atoms with E-state index in [0.717, 1.165) is 12.4 Å². The maximum absolute atomic E-state index is 5.89. The molecule has 0 atom stereocenters. The van der Waals surface area contributed by atoms with Gasteiger partial charge in [0.05, 0.1) is 11.8 Å². The molecule has 0 fully saturated rings. The van der Waals surface area contributed by atoms with Crippen LogP contribution in [0, 0.1) is 5.41 Å². The van der Waals surface area contributed by atoms with E-state index in [-0.39, 0.29) is 11.5 Å². The van der Waals surface area contributed by atoms with Crippen LogP contribution in [0.5, 0.6) is 5.88 Å². The Morgan fingerprint density at radius 3 is 2.62 bits per heavy atom. The molecule has 21 heavy (non-hydrogen) atoms. The summed E-state index contributed by atoms with van der Waals surface area (Å²) >= 11 is 0. The van der Waals surface area contributed by atoms with E-state index in [9.17, 15) is 0 Å². The zero-order chi connectivity index (χ0) is 15.9. The van der Waals surface area contributed by atoms with E-state index < -0.39 is 0 Å². The molecule has 0 amide bonds. The molecule has 0 spiro atoms. The van der Waals surface area contributed by atoms with Gasteiger partial charge in [0.25, 0.3) is 0 Å². The average Bonchev–Trinajstić information content (AvgIpc) is 2.39. The van der Waals surface area contributed by atoms with E-state index in [1.165, 1.54) is 25.7 Å².